The Morgan fingerprint density at radius 3 is 2.32 bits per heavy atom. The molecule has 1 saturated heterocycles. The standard InChI is InChI=1S/C18H16FN3O3/c19-14-8-6-13(7-9-14)17(12-4-2-1-3-5-12)21-15(23)11-22-16(24)10-20-18(22)25/h1-9,17H,10-11H2,(H,20,25)(H,21,23). The maximum atomic E-state index is 13.2. The molecule has 4 amide bonds. The van der Waals surface area contributed by atoms with Crippen LogP contribution in [0.15, 0.2) is 54.6 Å². The first-order valence-electron chi connectivity index (χ1n) is 7.72. The van der Waals surface area contributed by atoms with E-state index >= 15 is 0 Å². The van der Waals surface area contributed by atoms with Crippen LogP contribution >= 0.6 is 0 Å². The summed E-state index contributed by atoms with van der Waals surface area (Å²) in [5.41, 5.74) is 1.50. The monoisotopic (exact) mass is 341 g/mol. The molecule has 1 unspecified atom stereocenters. The Labute approximate surface area is 143 Å². The Bertz CT molecular complexity index is 777. The molecule has 2 aromatic carbocycles. The quantitative estimate of drug-likeness (QED) is 0.811. The molecule has 3 rings (SSSR count). The predicted octanol–water partition coefficient (Wildman–Crippen LogP) is 1.58. The van der Waals surface area contributed by atoms with Crippen LogP contribution in [-0.4, -0.2) is 35.8 Å². The van der Waals surface area contributed by atoms with E-state index in [1.54, 1.807) is 12.1 Å². The summed E-state index contributed by atoms with van der Waals surface area (Å²) in [6.07, 6.45) is 0. The van der Waals surface area contributed by atoms with Crippen molar-refractivity contribution >= 4 is 17.8 Å². The molecule has 128 valence electrons. The first-order chi connectivity index (χ1) is 12.0. The number of benzene rings is 2. The number of rotatable bonds is 5. The molecule has 6 nitrogen and oxygen atoms in total. The summed E-state index contributed by atoms with van der Waals surface area (Å²) in [7, 11) is 0. The van der Waals surface area contributed by atoms with Gasteiger partial charge in [0, 0.05) is 0 Å². The Balaban J connectivity index is 1.80. The molecule has 2 N–H and O–H groups in total. The Hall–Kier alpha value is -3.22. The van der Waals surface area contributed by atoms with Crippen molar-refractivity contribution in [3.05, 3.63) is 71.5 Å². The zero-order valence-electron chi connectivity index (χ0n) is 13.2. The van der Waals surface area contributed by atoms with Gasteiger partial charge in [0.1, 0.15) is 12.4 Å². The highest BCUT2D eigenvalue weighted by atomic mass is 19.1. The molecule has 0 radical (unpaired) electrons. The second-order valence-corrected chi connectivity index (χ2v) is 5.60. The number of nitrogens with one attached hydrogen (secondary N) is 2. The van der Waals surface area contributed by atoms with Gasteiger partial charge in [-0.2, -0.15) is 0 Å². The number of carbonyl (C=O) groups is 3. The molecule has 1 aliphatic rings. The minimum absolute atomic E-state index is 0.105. The topological polar surface area (TPSA) is 78.5 Å². The molecule has 0 saturated carbocycles. The van der Waals surface area contributed by atoms with Crippen molar-refractivity contribution < 1.29 is 18.8 Å². The van der Waals surface area contributed by atoms with Crippen molar-refractivity contribution in [1.82, 2.24) is 15.5 Å². The third-order valence-electron chi connectivity index (χ3n) is 3.88. The Morgan fingerprint density at radius 1 is 1.08 bits per heavy atom. The van der Waals surface area contributed by atoms with E-state index in [4.69, 9.17) is 0 Å². The third-order valence-corrected chi connectivity index (χ3v) is 3.88. The largest absolute Gasteiger partial charge is 0.344 e. The van der Waals surface area contributed by atoms with E-state index in [9.17, 15) is 18.8 Å². The van der Waals surface area contributed by atoms with Gasteiger partial charge in [0.15, 0.2) is 0 Å². The van der Waals surface area contributed by atoms with Crippen LogP contribution in [0.5, 0.6) is 0 Å². The van der Waals surface area contributed by atoms with Gasteiger partial charge < -0.3 is 10.6 Å². The van der Waals surface area contributed by atoms with E-state index in [0.29, 0.717) is 5.56 Å². The summed E-state index contributed by atoms with van der Waals surface area (Å²) >= 11 is 0. The van der Waals surface area contributed by atoms with Crippen molar-refractivity contribution in [2.45, 2.75) is 6.04 Å². The van der Waals surface area contributed by atoms with Crippen LogP contribution in [-0.2, 0) is 9.59 Å². The minimum atomic E-state index is -0.585. The van der Waals surface area contributed by atoms with Crippen molar-refractivity contribution in [1.29, 1.82) is 0 Å². The average Bonchev–Trinajstić information content (AvgIpc) is 2.93. The molecule has 1 heterocycles. The summed E-state index contributed by atoms with van der Waals surface area (Å²) in [5.74, 6) is -1.30. The molecule has 25 heavy (non-hydrogen) atoms. The first-order valence-corrected chi connectivity index (χ1v) is 7.72. The summed E-state index contributed by atoms with van der Waals surface area (Å²) < 4.78 is 13.2. The summed E-state index contributed by atoms with van der Waals surface area (Å²) in [6.45, 7) is -0.471. The van der Waals surface area contributed by atoms with Crippen LogP contribution in [0.3, 0.4) is 0 Å². The third kappa shape index (κ3) is 3.82. The van der Waals surface area contributed by atoms with Gasteiger partial charge in [-0.3, -0.25) is 14.5 Å². The normalized spacial score (nSPS) is 15.0. The van der Waals surface area contributed by atoms with E-state index in [1.165, 1.54) is 12.1 Å². The Kier molecular flexibility index (Phi) is 4.74. The van der Waals surface area contributed by atoms with Crippen molar-refractivity contribution in [3.63, 3.8) is 0 Å². The average molecular weight is 341 g/mol. The molecular formula is C18H16FN3O3. The number of halogens is 1. The zero-order chi connectivity index (χ0) is 17.8. The lowest BCUT2D eigenvalue weighted by Crippen LogP contribution is -2.42. The van der Waals surface area contributed by atoms with Gasteiger partial charge in [0.2, 0.25) is 5.91 Å². The molecule has 0 spiro atoms. The number of carbonyl (C=O) groups excluding carboxylic acids is 3. The lowest BCUT2D eigenvalue weighted by atomic mass is 9.98. The van der Waals surface area contributed by atoms with Crippen LogP contribution in [0.2, 0.25) is 0 Å². The number of amides is 4. The highest BCUT2D eigenvalue weighted by molar-refractivity contribution is 6.04. The maximum Gasteiger partial charge on any atom is 0.325 e. The van der Waals surface area contributed by atoms with Crippen molar-refractivity contribution in [2.24, 2.45) is 0 Å². The van der Waals surface area contributed by atoms with Crippen LogP contribution < -0.4 is 10.6 Å². The van der Waals surface area contributed by atoms with Crippen molar-refractivity contribution in [2.75, 3.05) is 13.1 Å². The van der Waals surface area contributed by atoms with E-state index in [1.807, 2.05) is 30.3 Å². The van der Waals surface area contributed by atoms with E-state index in [0.717, 1.165) is 10.5 Å². The van der Waals surface area contributed by atoms with Crippen LogP contribution in [0.1, 0.15) is 17.2 Å². The summed E-state index contributed by atoms with van der Waals surface area (Å²) in [5, 5.41) is 5.17. The lowest BCUT2D eigenvalue weighted by Gasteiger charge is -2.21. The van der Waals surface area contributed by atoms with Crippen molar-refractivity contribution in [3.8, 4) is 0 Å². The number of hydrogen-bond donors (Lipinski definition) is 2. The van der Waals surface area contributed by atoms with Crippen LogP contribution in [0.25, 0.3) is 0 Å². The van der Waals surface area contributed by atoms with E-state index in [-0.39, 0.29) is 18.9 Å². The maximum absolute atomic E-state index is 13.2. The second kappa shape index (κ2) is 7.12. The highest BCUT2D eigenvalue weighted by Crippen LogP contribution is 2.22. The zero-order valence-corrected chi connectivity index (χ0v) is 13.2. The molecule has 1 atom stereocenters. The molecular weight excluding hydrogens is 325 g/mol. The number of hydrogen-bond acceptors (Lipinski definition) is 3. The molecule has 1 fully saturated rings. The van der Waals surface area contributed by atoms with Gasteiger partial charge in [-0.05, 0) is 23.3 Å². The number of urea groups is 1. The van der Waals surface area contributed by atoms with Gasteiger partial charge >= 0.3 is 6.03 Å². The van der Waals surface area contributed by atoms with Gasteiger partial charge in [-0.15, -0.1) is 0 Å². The fraction of sp³-hybridized carbons (Fsp3) is 0.167. The molecule has 0 aromatic heterocycles. The van der Waals surface area contributed by atoms with Crippen LogP contribution in [0, 0.1) is 5.82 Å². The predicted molar refractivity (Wildman–Crippen MR) is 87.9 cm³/mol. The summed E-state index contributed by atoms with van der Waals surface area (Å²) in [6, 6.07) is 13.9. The first kappa shape index (κ1) is 16.6. The minimum Gasteiger partial charge on any atom is -0.344 e. The molecule has 7 heteroatoms. The fourth-order valence-electron chi connectivity index (χ4n) is 2.63. The molecule has 2 aromatic rings. The van der Waals surface area contributed by atoms with E-state index in [2.05, 4.69) is 10.6 Å². The van der Waals surface area contributed by atoms with Gasteiger partial charge in [0.05, 0.1) is 12.6 Å². The highest BCUT2D eigenvalue weighted by Gasteiger charge is 2.30. The molecule has 0 bridgehead atoms. The Morgan fingerprint density at radius 2 is 1.72 bits per heavy atom. The molecule has 1 aliphatic heterocycles. The molecule has 0 aliphatic carbocycles. The number of nitrogens with zero attached hydrogens (tertiary/aromatic N) is 1. The lowest BCUT2D eigenvalue weighted by molar-refractivity contribution is -0.130. The van der Waals surface area contributed by atoms with E-state index < -0.39 is 23.9 Å². The smallest absolute Gasteiger partial charge is 0.325 e. The van der Waals surface area contributed by atoms with Gasteiger partial charge in [-0.25, -0.2) is 9.18 Å². The number of imide groups is 1. The SMILES string of the molecule is O=C(CN1C(=O)CNC1=O)NC(c1ccccc1)c1ccc(F)cc1. The fourth-order valence-corrected chi connectivity index (χ4v) is 2.63. The van der Waals surface area contributed by atoms with Gasteiger partial charge in [-0.1, -0.05) is 42.5 Å². The summed E-state index contributed by atoms with van der Waals surface area (Å²) in [4.78, 5) is 36.4. The second-order valence-electron chi connectivity index (χ2n) is 5.60. The van der Waals surface area contributed by atoms with Gasteiger partial charge in [0.25, 0.3) is 5.91 Å². The van der Waals surface area contributed by atoms with Crippen LogP contribution in [0.4, 0.5) is 9.18 Å².